The number of carbonyl (C=O) groups excluding carboxylic acids is 1. The van der Waals surface area contributed by atoms with Gasteiger partial charge < -0.3 is 4.74 Å². The lowest BCUT2D eigenvalue weighted by atomic mass is 9.94. The molecule has 3 rings (SSSR count). The fourth-order valence-electron chi connectivity index (χ4n) is 2.58. The highest BCUT2D eigenvalue weighted by molar-refractivity contribution is 5.98. The molecular formula is C17H16N2O2. The largest absolute Gasteiger partial charge is 0.465 e. The third-order valence-electron chi connectivity index (χ3n) is 3.65. The van der Waals surface area contributed by atoms with Gasteiger partial charge in [-0.15, -0.1) is 0 Å². The van der Waals surface area contributed by atoms with E-state index in [1.54, 1.807) is 6.07 Å². The Balaban J connectivity index is 2.27. The van der Waals surface area contributed by atoms with Crippen LogP contribution in [0.1, 0.15) is 21.5 Å². The normalized spacial score (nSPS) is 10.8. The number of carbonyl (C=O) groups is 1. The van der Waals surface area contributed by atoms with E-state index in [1.165, 1.54) is 7.11 Å². The fraction of sp³-hybridized carbons (Fsp3) is 0.176. The van der Waals surface area contributed by atoms with Crippen molar-refractivity contribution < 1.29 is 9.53 Å². The first kappa shape index (κ1) is 13.4. The SMILES string of the molecule is COC(=O)c1ccc(C)c(-c2cc(C)cc3[nH]ncc23)c1. The number of fused-ring (bicyclic) bond motifs is 1. The first-order valence-electron chi connectivity index (χ1n) is 6.73. The topological polar surface area (TPSA) is 55.0 Å². The Morgan fingerprint density at radius 1 is 1.14 bits per heavy atom. The predicted octanol–water partition coefficient (Wildman–Crippen LogP) is 3.63. The maximum Gasteiger partial charge on any atom is 0.337 e. The molecule has 106 valence electrons. The zero-order valence-corrected chi connectivity index (χ0v) is 12.2. The van der Waals surface area contributed by atoms with E-state index in [2.05, 4.69) is 22.3 Å². The highest BCUT2D eigenvalue weighted by Crippen LogP contribution is 2.32. The molecule has 4 heteroatoms. The fourth-order valence-corrected chi connectivity index (χ4v) is 2.58. The van der Waals surface area contributed by atoms with Crippen LogP contribution >= 0.6 is 0 Å². The van der Waals surface area contributed by atoms with Gasteiger partial charge in [0, 0.05) is 5.39 Å². The number of hydrogen-bond donors (Lipinski definition) is 1. The first-order chi connectivity index (χ1) is 10.1. The van der Waals surface area contributed by atoms with Gasteiger partial charge in [0.15, 0.2) is 0 Å². The molecule has 0 saturated heterocycles. The van der Waals surface area contributed by atoms with Gasteiger partial charge in [-0.3, -0.25) is 5.10 Å². The second kappa shape index (κ2) is 5.05. The minimum atomic E-state index is -0.327. The number of esters is 1. The summed E-state index contributed by atoms with van der Waals surface area (Å²) in [6.07, 6.45) is 1.81. The average Bonchev–Trinajstić information content (AvgIpc) is 2.94. The minimum absolute atomic E-state index is 0.327. The molecule has 21 heavy (non-hydrogen) atoms. The first-order valence-corrected chi connectivity index (χ1v) is 6.73. The molecule has 0 spiro atoms. The smallest absolute Gasteiger partial charge is 0.337 e. The zero-order valence-electron chi connectivity index (χ0n) is 12.2. The lowest BCUT2D eigenvalue weighted by molar-refractivity contribution is 0.0601. The molecule has 0 unspecified atom stereocenters. The molecule has 0 bridgehead atoms. The Morgan fingerprint density at radius 2 is 1.95 bits per heavy atom. The quantitative estimate of drug-likeness (QED) is 0.729. The Kier molecular flexibility index (Phi) is 3.22. The van der Waals surface area contributed by atoms with Crippen LogP contribution in [0.25, 0.3) is 22.0 Å². The summed E-state index contributed by atoms with van der Waals surface area (Å²) in [5.41, 5.74) is 5.89. The van der Waals surface area contributed by atoms with Gasteiger partial charge in [0.25, 0.3) is 0 Å². The van der Waals surface area contributed by atoms with Gasteiger partial charge in [-0.25, -0.2) is 4.79 Å². The minimum Gasteiger partial charge on any atom is -0.465 e. The van der Waals surface area contributed by atoms with Crippen molar-refractivity contribution in [1.82, 2.24) is 10.2 Å². The monoisotopic (exact) mass is 280 g/mol. The summed E-state index contributed by atoms with van der Waals surface area (Å²) in [5.74, 6) is -0.327. The Labute approximate surface area is 122 Å². The number of H-pyrrole nitrogens is 1. The summed E-state index contributed by atoms with van der Waals surface area (Å²) in [6, 6.07) is 9.78. The van der Waals surface area contributed by atoms with Crippen molar-refractivity contribution in [2.24, 2.45) is 0 Å². The van der Waals surface area contributed by atoms with Crippen molar-refractivity contribution in [1.29, 1.82) is 0 Å². The van der Waals surface area contributed by atoms with Crippen LogP contribution in [0, 0.1) is 13.8 Å². The number of nitrogens with one attached hydrogen (secondary N) is 1. The van der Waals surface area contributed by atoms with Crippen molar-refractivity contribution in [2.75, 3.05) is 7.11 Å². The van der Waals surface area contributed by atoms with Crippen LogP contribution in [-0.4, -0.2) is 23.3 Å². The van der Waals surface area contributed by atoms with E-state index >= 15 is 0 Å². The van der Waals surface area contributed by atoms with Crippen molar-refractivity contribution >= 4 is 16.9 Å². The number of methoxy groups -OCH3 is 1. The summed E-state index contributed by atoms with van der Waals surface area (Å²) >= 11 is 0. The van der Waals surface area contributed by atoms with Gasteiger partial charge in [-0.2, -0.15) is 5.10 Å². The molecule has 3 aromatic rings. The second-order valence-electron chi connectivity index (χ2n) is 5.17. The molecule has 2 aromatic carbocycles. The Morgan fingerprint density at radius 3 is 2.71 bits per heavy atom. The standard InChI is InChI=1S/C17H16N2O2/c1-10-6-14(15-9-18-19-16(15)7-10)13-8-12(17(20)21-3)5-4-11(13)2/h4-9H,1-3H3,(H,18,19). The molecule has 0 saturated carbocycles. The third-order valence-corrected chi connectivity index (χ3v) is 3.65. The van der Waals surface area contributed by atoms with E-state index in [0.717, 1.165) is 33.2 Å². The number of benzene rings is 2. The van der Waals surface area contributed by atoms with Crippen molar-refractivity contribution in [3.05, 3.63) is 53.2 Å². The van der Waals surface area contributed by atoms with Gasteiger partial charge in [-0.1, -0.05) is 12.1 Å². The van der Waals surface area contributed by atoms with Gasteiger partial charge in [0.05, 0.1) is 24.4 Å². The van der Waals surface area contributed by atoms with E-state index in [9.17, 15) is 4.79 Å². The van der Waals surface area contributed by atoms with Gasteiger partial charge in [-0.05, 0) is 54.3 Å². The molecule has 1 heterocycles. The molecule has 0 aliphatic rings. The Hall–Kier alpha value is -2.62. The summed E-state index contributed by atoms with van der Waals surface area (Å²) in [5, 5.41) is 8.16. The summed E-state index contributed by atoms with van der Waals surface area (Å²) in [4.78, 5) is 11.7. The van der Waals surface area contributed by atoms with Crippen LogP contribution in [0.4, 0.5) is 0 Å². The molecule has 0 fully saturated rings. The number of aryl methyl sites for hydroxylation is 2. The molecule has 0 radical (unpaired) electrons. The highest BCUT2D eigenvalue weighted by atomic mass is 16.5. The molecule has 1 N–H and O–H groups in total. The number of ether oxygens (including phenoxy) is 1. The third kappa shape index (κ3) is 2.29. The number of aromatic nitrogens is 2. The summed E-state index contributed by atoms with van der Waals surface area (Å²) < 4.78 is 4.81. The van der Waals surface area contributed by atoms with Crippen LogP contribution < -0.4 is 0 Å². The lowest BCUT2D eigenvalue weighted by Gasteiger charge is -2.10. The number of hydrogen-bond acceptors (Lipinski definition) is 3. The van der Waals surface area contributed by atoms with Crippen LogP contribution in [0.2, 0.25) is 0 Å². The maximum absolute atomic E-state index is 11.7. The van der Waals surface area contributed by atoms with Gasteiger partial charge in [0.1, 0.15) is 0 Å². The molecule has 4 nitrogen and oxygen atoms in total. The summed E-state index contributed by atoms with van der Waals surface area (Å²) in [7, 11) is 1.39. The van der Waals surface area contributed by atoms with E-state index in [4.69, 9.17) is 4.74 Å². The Bertz CT molecular complexity index is 834. The van der Waals surface area contributed by atoms with Crippen LogP contribution in [0.15, 0.2) is 36.5 Å². The molecule has 0 aliphatic heterocycles. The average molecular weight is 280 g/mol. The van der Waals surface area contributed by atoms with Gasteiger partial charge >= 0.3 is 5.97 Å². The second-order valence-corrected chi connectivity index (χ2v) is 5.17. The molecule has 0 amide bonds. The van der Waals surface area contributed by atoms with E-state index in [-0.39, 0.29) is 5.97 Å². The number of rotatable bonds is 2. The lowest BCUT2D eigenvalue weighted by Crippen LogP contribution is -2.01. The number of aromatic amines is 1. The van der Waals surface area contributed by atoms with Crippen molar-refractivity contribution in [3.63, 3.8) is 0 Å². The highest BCUT2D eigenvalue weighted by Gasteiger charge is 2.13. The van der Waals surface area contributed by atoms with Crippen LogP contribution in [0.3, 0.4) is 0 Å². The van der Waals surface area contributed by atoms with Gasteiger partial charge in [0.2, 0.25) is 0 Å². The molecule has 1 aromatic heterocycles. The predicted molar refractivity (Wildman–Crippen MR) is 82.3 cm³/mol. The van der Waals surface area contributed by atoms with Crippen LogP contribution in [0.5, 0.6) is 0 Å². The van der Waals surface area contributed by atoms with Crippen molar-refractivity contribution in [2.45, 2.75) is 13.8 Å². The molecule has 0 aliphatic carbocycles. The van der Waals surface area contributed by atoms with Crippen LogP contribution in [-0.2, 0) is 4.74 Å². The van der Waals surface area contributed by atoms with Crippen molar-refractivity contribution in [3.8, 4) is 11.1 Å². The molecule has 0 atom stereocenters. The van der Waals surface area contributed by atoms with E-state index < -0.39 is 0 Å². The maximum atomic E-state index is 11.7. The van der Waals surface area contributed by atoms with E-state index in [1.807, 2.05) is 32.2 Å². The molecular weight excluding hydrogens is 264 g/mol. The van der Waals surface area contributed by atoms with E-state index in [0.29, 0.717) is 5.56 Å². The number of nitrogens with zero attached hydrogens (tertiary/aromatic N) is 1. The summed E-state index contributed by atoms with van der Waals surface area (Å²) in [6.45, 7) is 4.08. The zero-order chi connectivity index (χ0) is 15.0.